The number of carbonyl (C=O) groups excluding carboxylic acids is 2. The van der Waals surface area contributed by atoms with E-state index in [1.807, 2.05) is 39.4 Å². The quantitative estimate of drug-likeness (QED) is 0.0205. The molecular formula is C68H122N2O7P+. The summed E-state index contributed by atoms with van der Waals surface area (Å²) in [5.74, 6) is -0.602. The van der Waals surface area contributed by atoms with Gasteiger partial charge in [0.2, 0.25) is 5.91 Å². The zero-order valence-electron chi connectivity index (χ0n) is 51.4. The van der Waals surface area contributed by atoms with Gasteiger partial charge in [-0.3, -0.25) is 18.6 Å². The number of rotatable bonds is 57. The summed E-state index contributed by atoms with van der Waals surface area (Å²) >= 11 is 0. The number of nitrogens with zero attached hydrogens (tertiary/aromatic N) is 1. The zero-order valence-corrected chi connectivity index (χ0v) is 52.3. The van der Waals surface area contributed by atoms with Gasteiger partial charge in [0.15, 0.2) is 0 Å². The molecule has 9 nitrogen and oxygen atoms in total. The average molecular weight is 1110 g/mol. The molecule has 0 rings (SSSR count). The Kier molecular flexibility index (Phi) is 54.9. The molecule has 3 atom stereocenters. The van der Waals surface area contributed by atoms with Crippen molar-refractivity contribution in [1.29, 1.82) is 0 Å². The molecule has 450 valence electrons. The van der Waals surface area contributed by atoms with Crippen LogP contribution in [0.15, 0.2) is 97.2 Å². The molecular weight excluding hydrogens is 988 g/mol. The molecule has 0 aliphatic heterocycles. The van der Waals surface area contributed by atoms with Crippen molar-refractivity contribution in [3.63, 3.8) is 0 Å². The van der Waals surface area contributed by atoms with Gasteiger partial charge in [-0.25, -0.2) is 4.57 Å². The van der Waals surface area contributed by atoms with Gasteiger partial charge in [-0.05, 0) is 96.0 Å². The predicted octanol–water partition coefficient (Wildman–Crippen LogP) is 19.9. The molecule has 1 amide bonds. The third kappa shape index (κ3) is 57.6. The molecule has 0 fully saturated rings. The number of allylic oxidation sites excluding steroid dienone is 15. The Labute approximate surface area is 481 Å². The fraction of sp³-hybridized carbons (Fsp3) is 0.735. The van der Waals surface area contributed by atoms with Crippen LogP contribution in [0.25, 0.3) is 0 Å². The van der Waals surface area contributed by atoms with E-state index in [-0.39, 0.29) is 37.9 Å². The number of carbonyl (C=O) groups is 2. The van der Waals surface area contributed by atoms with Crippen LogP contribution < -0.4 is 5.32 Å². The topological polar surface area (TPSA) is 111 Å². The standard InChI is InChI=1S/C68H121N2O7P/c1-7-10-13-16-19-22-25-28-30-32-33-34-35-36-37-38-40-43-46-49-52-55-58-61-68(72)77-66(59-56-53-50-47-44-41-27-24-21-18-15-12-9-3)65(64-76-78(73,74)75-63-62-70(4,5)6)69-67(71)60-57-54-51-48-45-42-39-31-29-26-23-20-17-14-11-8-2/h11,14,19-20,22-23,28-31,42,45,51,54,56,59,65-66H,7-10,12-13,15-18,21,24-27,32-41,43-44,46-50,52-53,55,57-58,60-64H2,1-6H3,(H-,69,71,73,74)/p+1/b14-11+,22-19-,23-20+,30-28-,31-29+,45-42+,54-51+,59-56-. The number of amides is 1. The Bertz CT molecular complexity index is 1660. The first-order chi connectivity index (χ1) is 37.9. The third-order valence-electron chi connectivity index (χ3n) is 13.8. The summed E-state index contributed by atoms with van der Waals surface area (Å²) in [5.41, 5.74) is 0. The molecule has 0 bridgehead atoms. The van der Waals surface area contributed by atoms with Crippen LogP contribution in [0.1, 0.15) is 271 Å². The Hall–Kier alpha value is -3.07. The van der Waals surface area contributed by atoms with Crippen molar-refractivity contribution >= 4 is 19.7 Å². The van der Waals surface area contributed by atoms with Gasteiger partial charge in [-0.15, -0.1) is 0 Å². The van der Waals surface area contributed by atoms with Crippen LogP contribution in [0.5, 0.6) is 0 Å². The lowest BCUT2D eigenvalue weighted by Crippen LogP contribution is -2.47. The van der Waals surface area contributed by atoms with E-state index in [2.05, 4.69) is 105 Å². The third-order valence-corrected chi connectivity index (χ3v) is 14.8. The largest absolute Gasteiger partial charge is 0.472 e. The molecule has 0 heterocycles. The molecule has 0 saturated heterocycles. The Morgan fingerprint density at radius 3 is 1.28 bits per heavy atom. The lowest BCUT2D eigenvalue weighted by molar-refractivity contribution is -0.870. The van der Waals surface area contributed by atoms with Crippen LogP contribution in [0.4, 0.5) is 0 Å². The van der Waals surface area contributed by atoms with E-state index >= 15 is 0 Å². The molecule has 0 aromatic heterocycles. The van der Waals surface area contributed by atoms with Gasteiger partial charge < -0.3 is 19.4 Å². The summed E-state index contributed by atoms with van der Waals surface area (Å²) in [4.78, 5) is 37.7. The minimum absolute atomic E-state index is 0.0234. The minimum Gasteiger partial charge on any atom is -0.456 e. The average Bonchev–Trinajstić information content (AvgIpc) is 3.40. The van der Waals surface area contributed by atoms with Crippen LogP contribution in [-0.2, 0) is 27.9 Å². The zero-order chi connectivity index (χ0) is 57.2. The summed E-state index contributed by atoms with van der Waals surface area (Å²) in [6.07, 6.45) is 77.1. The van der Waals surface area contributed by atoms with Crippen molar-refractivity contribution in [1.82, 2.24) is 5.32 Å². The van der Waals surface area contributed by atoms with Gasteiger partial charge in [-0.1, -0.05) is 260 Å². The van der Waals surface area contributed by atoms with E-state index in [9.17, 15) is 19.0 Å². The van der Waals surface area contributed by atoms with Gasteiger partial charge in [0.25, 0.3) is 0 Å². The van der Waals surface area contributed by atoms with Gasteiger partial charge >= 0.3 is 13.8 Å². The molecule has 0 aromatic carbocycles. The van der Waals surface area contributed by atoms with Crippen molar-refractivity contribution in [2.24, 2.45) is 0 Å². The molecule has 0 spiro atoms. The fourth-order valence-electron chi connectivity index (χ4n) is 8.84. The smallest absolute Gasteiger partial charge is 0.456 e. The van der Waals surface area contributed by atoms with Crippen molar-refractivity contribution in [2.45, 2.75) is 283 Å². The highest BCUT2D eigenvalue weighted by molar-refractivity contribution is 7.47. The number of ether oxygens (including phenoxy) is 1. The van der Waals surface area contributed by atoms with Crippen molar-refractivity contribution in [2.75, 3.05) is 40.9 Å². The molecule has 3 unspecified atom stereocenters. The monoisotopic (exact) mass is 1110 g/mol. The Morgan fingerprint density at radius 2 is 0.833 bits per heavy atom. The number of quaternary nitrogens is 1. The normalized spacial score (nSPS) is 14.3. The van der Waals surface area contributed by atoms with Crippen molar-refractivity contribution in [3.05, 3.63) is 97.2 Å². The van der Waals surface area contributed by atoms with Gasteiger partial charge in [-0.2, -0.15) is 0 Å². The van der Waals surface area contributed by atoms with E-state index in [0.717, 1.165) is 77.0 Å². The van der Waals surface area contributed by atoms with Crippen LogP contribution >= 0.6 is 7.82 Å². The number of hydrogen-bond acceptors (Lipinski definition) is 6. The molecule has 2 N–H and O–H groups in total. The lowest BCUT2D eigenvalue weighted by atomic mass is 10.0. The molecule has 78 heavy (non-hydrogen) atoms. The number of phosphoric acid groups is 1. The van der Waals surface area contributed by atoms with E-state index < -0.39 is 20.0 Å². The van der Waals surface area contributed by atoms with Crippen LogP contribution in [0.3, 0.4) is 0 Å². The first-order valence-corrected chi connectivity index (χ1v) is 33.6. The van der Waals surface area contributed by atoms with Gasteiger partial charge in [0.05, 0.1) is 33.8 Å². The van der Waals surface area contributed by atoms with Crippen LogP contribution in [0, 0.1) is 0 Å². The second-order valence-electron chi connectivity index (χ2n) is 22.5. The van der Waals surface area contributed by atoms with Crippen molar-refractivity contribution in [3.8, 4) is 0 Å². The first kappa shape index (κ1) is 74.9. The maximum atomic E-state index is 13.5. The highest BCUT2D eigenvalue weighted by Crippen LogP contribution is 2.43. The molecule has 0 aliphatic carbocycles. The first-order valence-electron chi connectivity index (χ1n) is 32.1. The van der Waals surface area contributed by atoms with Gasteiger partial charge in [0.1, 0.15) is 19.3 Å². The summed E-state index contributed by atoms with van der Waals surface area (Å²) < 4.78 is 30.7. The summed E-state index contributed by atoms with van der Waals surface area (Å²) in [7, 11) is 1.44. The SMILES string of the molecule is CC/C=C/C/C=C/C/C=C/C/C=C/C/C=C/CCC(=O)NC(COP(=O)(O)OCC[N+](C)(C)C)C(/C=C\CCCCCCCCCCCCC)OC(=O)CCCCCCCCCCCCCCC/C=C\C/C=C\CCCCC. The summed E-state index contributed by atoms with van der Waals surface area (Å²) in [6.45, 7) is 6.82. The van der Waals surface area contributed by atoms with E-state index in [4.69, 9.17) is 13.8 Å². The molecule has 0 saturated carbocycles. The number of nitrogens with one attached hydrogen (secondary N) is 1. The summed E-state index contributed by atoms with van der Waals surface area (Å²) in [6, 6.07) is -0.893. The second kappa shape index (κ2) is 57.2. The minimum atomic E-state index is -4.47. The predicted molar refractivity (Wildman–Crippen MR) is 337 cm³/mol. The molecule has 0 radical (unpaired) electrons. The van der Waals surface area contributed by atoms with Crippen LogP contribution in [0.2, 0.25) is 0 Å². The van der Waals surface area contributed by atoms with Gasteiger partial charge in [0, 0.05) is 12.8 Å². The number of likely N-dealkylation sites (N-methyl/N-ethyl adjacent to an activating group) is 1. The maximum absolute atomic E-state index is 13.5. The van der Waals surface area contributed by atoms with Crippen LogP contribution in [-0.4, -0.2) is 74.3 Å². The number of hydrogen-bond donors (Lipinski definition) is 2. The van der Waals surface area contributed by atoms with E-state index in [1.165, 1.54) is 154 Å². The van der Waals surface area contributed by atoms with Crippen molar-refractivity contribution < 1.29 is 37.3 Å². The number of unbranched alkanes of at least 4 members (excludes halogenated alkanes) is 27. The highest BCUT2D eigenvalue weighted by Gasteiger charge is 2.30. The highest BCUT2D eigenvalue weighted by atomic mass is 31.2. The number of esters is 1. The Balaban J connectivity index is 5.28. The fourth-order valence-corrected chi connectivity index (χ4v) is 9.58. The maximum Gasteiger partial charge on any atom is 0.472 e. The molecule has 0 aliphatic rings. The Morgan fingerprint density at radius 1 is 0.462 bits per heavy atom. The second-order valence-corrected chi connectivity index (χ2v) is 24.0. The van der Waals surface area contributed by atoms with E-state index in [1.54, 1.807) is 0 Å². The lowest BCUT2D eigenvalue weighted by Gasteiger charge is -2.27. The molecule has 0 aromatic rings. The summed E-state index contributed by atoms with van der Waals surface area (Å²) in [5, 5.41) is 3.01. The molecule has 10 heteroatoms. The van der Waals surface area contributed by atoms with E-state index in [0.29, 0.717) is 17.4 Å². The number of phosphoric ester groups is 1.